The van der Waals surface area contributed by atoms with Gasteiger partial charge in [0.05, 0.1) is 11.3 Å². The van der Waals surface area contributed by atoms with Crippen molar-refractivity contribution in [2.24, 2.45) is 0 Å². The predicted molar refractivity (Wildman–Crippen MR) is 103 cm³/mol. The quantitative estimate of drug-likeness (QED) is 0.678. The van der Waals surface area contributed by atoms with Crippen molar-refractivity contribution in [3.05, 3.63) is 95.6 Å². The number of aromatic carboxylic acids is 1. The lowest BCUT2D eigenvalue weighted by molar-refractivity contribution is 0.0697. The van der Waals surface area contributed by atoms with Crippen molar-refractivity contribution < 1.29 is 14.6 Å². The summed E-state index contributed by atoms with van der Waals surface area (Å²) >= 11 is 0. The van der Waals surface area contributed by atoms with Crippen molar-refractivity contribution in [3.63, 3.8) is 0 Å². The normalized spacial score (nSPS) is 10.3. The summed E-state index contributed by atoms with van der Waals surface area (Å²) in [4.78, 5) is 13.4. The van der Waals surface area contributed by atoms with Crippen molar-refractivity contribution in [1.29, 1.82) is 0 Å². The highest BCUT2D eigenvalue weighted by Crippen LogP contribution is 2.25. The van der Waals surface area contributed by atoms with Crippen LogP contribution in [0.25, 0.3) is 0 Å². The Kier molecular flexibility index (Phi) is 5.54. The Bertz CT molecular complexity index is 877. The number of carbonyl (C=O) groups is 1. The van der Waals surface area contributed by atoms with Crippen LogP contribution in [-0.2, 0) is 13.2 Å². The van der Waals surface area contributed by atoms with Crippen LogP contribution >= 0.6 is 0 Å². The Morgan fingerprint density at radius 2 is 1.58 bits per heavy atom. The van der Waals surface area contributed by atoms with E-state index < -0.39 is 5.97 Å². The van der Waals surface area contributed by atoms with Crippen molar-refractivity contribution in [2.75, 3.05) is 11.9 Å². The van der Waals surface area contributed by atoms with Gasteiger partial charge < -0.3 is 14.7 Å². The fraction of sp³-hybridized carbons (Fsp3) is 0.136. The third kappa shape index (κ3) is 4.22. The second-order valence-corrected chi connectivity index (χ2v) is 6.06. The van der Waals surface area contributed by atoms with E-state index in [0.29, 0.717) is 18.8 Å². The van der Waals surface area contributed by atoms with Crippen LogP contribution < -0.4 is 9.64 Å². The topological polar surface area (TPSA) is 49.8 Å². The van der Waals surface area contributed by atoms with Gasteiger partial charge in [-0.15, -0.1) is 0 Å². The van der Waals surface area contributed by atoms with E-state index in [1.54, 1.807) is 12.1 Å². The fourth-order valence-electron chi connectivity index (χ4n) is 2.84. The first kappa shape index (κ1) is 17.5. The molecule has 0 aliphatic rings. The third-order valence-corrected chi connectivity index (χ3v) is 4.16. The van der Waals surface area contributed by atoms with Gasteiger partial charge in [-0.1, -0.05) is 60.7 Å². The lowest BCUT2D eigenvalue weighted by atomic mass is 10.1. The van der Waals surface area contributed by atoms with Gasteiger partial charge in [0.15, 0.2) is 0 Å². The van der Waals surface area contributed by atoms with Gasteiger partial charge in [-0.05, 0) is 23.8 Å². The van der Waals surface area contributed by atoms with Crippen LogP contribution in [0.2, 0.25) is 0 Å². The number of carboxylic acids is 1. The summed E-state index contributed by atoms with van der Waals surface area (Å²) in [5, 5.41) is 9.39. The molecule has 0 aliphatic heterocycles. The molecule has 0 bridgehead atoms. The second kappa shape index (κ2) is 8.21. The number of benzene rings is 3. The summed E-state index contributed by atoms with van der Waals surface area (Å²) in [6.07, 6.45) is 0. The van der Waals surface area contributed by atoms with Crippen LogP contribution in [0.1, 0.15) is 21.5 Å². The summed E-state index contributed by atoms with van der Waals surface area (Å²) in [6.45, 7) is 1.04. The van der Waals surface area contributed by atoms with E-state index in [0.717, 1.165) is 16.9 Å². The van der Waals surface area contributed by atoms with Crippen molar-refractivity contribution >= 4 is 11.7 Å². The molecular formula is C22H21NO3. The molecule has 0 amide bonds. The lowest BCUT2D eigenvalue weighted by Gasteiger charge is -2.22. The molecule has 1 N–H and O–H groups in total. The molecule has 26 heavy (non-hydrogen) atoms. The zero-order chi connectivity index (χ0) is 18.4. The van der Waals surface area contributed by atoms with E-state index in [-0.39, 0.29) is 5.56 Å². The van der Waals surface area contributed by atoms with Crippen LogP contribution in [0, 0.1) is 0 Å². The molecule has 0 radical (unpaired) electrons. The van der Waals surface area contributed by atoms with Gasteiger partial charge >= 0.3 is 5.97 Å². The van der Waals surface area contributed by atoms with Crippen LogP contribution in [0.15, 0.2) is 78.9 Å². The monoisotopic (exact) mass is 347 g/mol. The smallest absolute Gasteiger partial charge is 0.337 e. The number of hydrogen-bond donors (Lipinski definition) is 1. The Labute approximate surface area is 153 Å². The Balaban J connectivity index is 1.77. The van der Waals surface area contributed by atoms with Gasteiger partial charge in [0.25, 0.3) is 0 Å². The minimum absolute atomic E-state index is 0.290. The Morgan fingerprint density at radius 3 is 2.35 bits per heavy atom. The minimum atomic E-state index is -0.930. The molecule has 0 atom stereocenters. The molecule has 4 nitrogen and oxygen atoms in total. The molecule has 0 heterocycles. The predicted octanol–water partition coefficient (Wildman–Crippen LogP) is 4.60. The number of ether oxygens (including phenoxy) is 1. The van der Waals surface area contributed by atoms with Gasteiger partial charge in [-0.3, -0.25) is 0 Å². The lowest BCUT2D eigenvalue weighted by Crippen LogP contribution is -2.19. The average Bonchev–Trinajstić information content (AvgIpc) is 2.68. The zero-order valence-corrected chi connectivity index (χ0v) is 14.6. The number of anilines is 1. The number of nitrogens with zero attached hydrogens (tertiary/aromatic N) is 1. The highest BCUT2D eigenvalue weighted by Gasteiger charge is 2.14. The molecule has 3 aromatic rings. The number of hydrogen-bond acceptors (Lipinski definition) is 3. The standard InChI is InChI=1S/C22H21NO3/c1-23(20-13-7-6-12-19(20)22(24)25)15-18-11-5-8-14-21(18)26-16-17-9-3-2-4-10-17/h2-14H,15-16H2,1H3,(H,24,25). The van der Waals surface area contributed by atoms with E-state index in [4.69, 9.17) is 4.74 Å². The first-order chi connectivity index (χ1) is 12.6. The van der Waals surface area contributed by atoms with Crippen LogP contribution in [-0.4, -0.2) is 18.1 Å². The second-order valence-electron chi connectivity index (χ2n) is 6.06. The summed E-state index contributed by atoms with van der Waals surface area (Å²) in [6, 6.07) is 24.9. The molecule has 3 aromatic carbocycles. The largest absolute Gasteiger partial charge is 0.489 e. The van der Waals surface area contributed by atoms with E-state index in [1.165, 1.54) is 0 Å². The molecule has 0 aromatic heterocycles. The molecule has 0 fully saturated rings. The highest BCUT2D eigenvalue weighted by molar-refractivity contribution is 5.94. The summed E-state index contributed by atoms with van der Waals surface area (Å²) < 4.78 is 5.99. The molecular weight excluding hydrogens is 326 g/mol. The maximum absolute atomic E-state index is 11.5. The number of rotatable bonds is 7. The molecule has 0 saturated carbocycles. The molecule has 0 saturated heterocycles. The van der Waals surface area contributed by atoms with E-state index in [2.05, 4.69) is 0 Å². The van der Waals surface area contributed by atoms with Gasteiger partial charge in [0, 0.05) is 19.2 Å². The van der Waals surface area contributed by atoms with E-state index in [9.17, 15) is 9.90 Å². The molecule has 3 rings (SSSR count). The molecule has 0 spiro atoms. The first-order valence-corrected chi connectivity index (χ1v) is 8.43. The molecule has 132 valence electrons. The first-order valence-electron chi connectivity index (χ1n) is 8.43. The zero-order valence-electron chi connectivity index (χ0n) is 14.6. The fourth-order valence-corrected chi connectivity index (χ4v) is 2.84. The highest BCUT2D eigenvalue weighted by atomic mass is 16.5. The average molecular weight is 347 g/mol. The third-order valence-electron chi connectivity index (χ3n) is 4.16. The number of para-hydroxylation sites is 2. The van der Waals surface area contributed by atoms with Crippen LogP contribution in [0.5, 0.6) is 5.75 Å². The van der Waals surface area contributed by atoms with Gasteiger partial charge in [-0.25, -0.2) is 4.79 Å². The maximum Gasteiger partial charge on any atom is 0.337 e. The summed E-state index contributed by atoms with van der Waals surface area (Å²) in [7, 11) is 1.88. The van der Waals surface area contributed by atoms with Crippen molar-refractivity contribution in [2.45, 2.75) is 13.2 Å². The Morgan fingerprint density at radius 1 is 0.923 bits per heavy atom. The van der Waals surface area contributed by atoms with E-state index in [1.807, 2.05) is 78.7 Å². The maximum atomic E-state index is 11.5. The van der Waals surface area contributed by atoms with E-state index >= 15 is 0 Å². The van der Waals surface area contributed by atoms with Crippen molar-refractivity contribution in [3.8, 4) is 5.75 Å². The van der Waals surface area contributed by atoms with Crippen LogP contribution in [0.3, 0.4) is 0 Å². The SMILES string of the molecule is CN(Cc1ccccc1OCc1ccccc1)c1ccccc1C(=O)O. The minimum Gasteiger partial charge on any atom is -0.489 e. The molecule has 0 aliphatic carbocycles. The Hall–Kier alpha value is -3.27. The van der Waals surface area contributed by atoms with Crippen molar-refractivity contribution in [1.82, 2.24) is 0 Å². The van der Waals surface area contributed by atoms with Crippen LogP contribution in [0.4, 0.5) is 5.69 Å². The molecule has 0 unspecified atom stereocenters. The summed E-state index contributed by atoms with van der Waals surface area (Å²) in [5.41, 5.74) is 3.08. The van der Waals surface area contributed by atoms with Gasteiger partial charge in [0.2, 0.25) is 0 Å². The van der Waals surface area contributed by atoms with Gasteiger partial charge in [-0.2, -0.15) is 0 Å². The number of carboxylic acid groups (broad SMARTS) is 1. The summed E-state index contributed by atoms with van der Waals surface area (Å²) in [5.74, 6) is -0.128. The van der Waals surface area contributed by atoms with Gasteiger partial charge in [0.1, 0.15) is 12.4 Å². The molecule has 4 heteroatoms.